The van der Waals surface area contributed by atoms with Crippen molar-refractivity contribution in [2.24, 2.45) is 0 Å². The van der Waals surface area contributed by atoms with Crippen LogP contribution >= 0.6 is 11.3 Å². The standard InChI is InChI=1S/C24H17F3N4O6S/c1-2-37-23(34)20-17-12-38-21(28-18(32)11-13-3-7-16(8-4-13)31(35)36)19(17)22(33)30(29-20)15-9-5-14(6-10-15)24(25,26)27/h3-10,12H,2,11H2,1H3,(H,28,32). The summed E-state index contributed by atoms with van der Waals surface area (Å²) >= 11 is 0.950. The third-order valence-corrected chi connectivity index (χ3v) is 6.22. The van der Waals surface area contributed by atoms with E-state index in [2.05, 4.69) is 10.4 Å². The molecule has 0 unspecified atom stereocenters. The van der Waals surface area contributed by atoms with Crippen LogP contribution in [0.15, 0.2) is 58.7 Å². The molecule has 4 aromatic rings. The average molecular weight is 546 g/mol. The molecular formula is C24H17F3N4O6S. The summed E-state index contributed by atoms with van der Waals surface area (Å²) in [7, 11) is 0. The Bertz CT molecular complexity index is 1600. The highest BCUT2D eigenvalue weighted by Crippen LogP contribution is 2.32. The molecule has 0 spiro atoms. The molecule has 0 radical (unpaired) electrons. The van der Waals surface area contributed by atoms with E-state index in [0.717, 1.165) is 40.3 Å². The van der Waals surface area contributed by atoms with E-state index in [1.165, 1.54) is 29.6 Å². The molecule has 1 N–H and O–H groups in total. The topological polar surface area (TPSA) is 133 Å². The molecule has 1 amide bonds. The van der Waals surface area contributed by atoms with Crippen molar-refractivity contribution < 1.29 is 32.4 Å². The third kappa shape index (κ3) is 5.39. The maximum Gasteiger partial charge on any atom is 0.416 e. The summed E-state index contributed by atoms with van der Waals surface area (Å²) < 4.78 is 44.8. The van der Waals surface area contributed by atoms with Crippen molar-refractivity contribution in [3.63, 3.8) is 0 Å². The number of halogens is 3. The molecule has 2 heterocycles. The number of nitro benzene ring substituents is 1. The van der Waals surface area contributed by atoms with Gasteiger partial charge in [0.15, 0.2) is 5.69 Å². The maximum absolute atomic E-state index is 13.4. The number of alkyl halides is 3. The number of benzene rings is 2. The van der Waals surface area contributed by atoms with Gasteiger partial charge < -0.3 is 10.1 Å². The predicted molar refractivity (Wildman–Crippen MR) is 132 cm³/mol. The second-order valence-corrected chi connectivity index (χ2v) is 8.71. The predicted octanol–water partition coefficient (Wildman–Crippen LogP) is 4.73. The first-order valence-corrected chi connectivity index (χ1v) is 11.8. The number of carbonyl (C=O) groups is 2. The molecule has 0 bridgehead atoms. The van der Waals surface area contributed by atoms with E-state index in [4.69, 9.17) is 4.74 Å². The van der Waals surface area contributed by atoms with Crippen LogP contribution in [-0.4, -0.2) is 33.2 Å². The molecule has 2 aromatic carbocycles. The number of aromatic nitrogens is 2. The van der Waals surface area contributed by atoms with Gasteiger partial charge in [0.25, 0.3) is 11.2 Å². The van der Waals surface area contributed by atoms with E-state index in [9.17, 15) is 37.7 Å². The van der Waals surface area contributed by atoms with Crippen molar-refractivity contribution in [3.8, 4) is 5.69 Å². The Morgan fingerprint density at radius 2 is 1.79 bits per heavy atom. The number of nitro groups is 1. The van der Waals surface area contributed by atoms with Crippen molar-refractivity contribution in [1.29, 1.82) is 0 Å². The van der Waals surface area contributed by atoms with E-state index in [0.29, 0.717) is 5.56 Å². The van der Waals surface area contributed by atoms with E-state index < -0.39 is 34.1 Å². The van der Waals surface area contributed by atoms with Crippen LogP contribution in [0.5, 0.6) is 0 Å². The molecule has 0 atom stereocenters. The number of hydrogen-bond donors (Lipinski definition) is 1. The lowest BCUT2D eigenvalue weighted by atomic mass is 10.1. The van der Waals surface area contributed by atoms with Gasteiger partial charge in [0.2, 0.25) is 5.91 Å². The van der Waals surface area contributed by atoms with Gasteiger partial charge in [-0.3, -0.25) is 19.7 Å². The molecule has 38 heavy (non-hydrogen) atoms. The smallest absolute Gasteiger partial charge is 0.416 e. The summed E-state index contributed by atoms with van der Waals surface area (Å²) in [6.45, 7) is 1.57. The molecule has 0 aliphatic carbocycles. The van der Waals surface area contributed by atoms with E-state index in [1.54, 1.807) is 6.92 Å². The summed E-state index contributed by atoms with van der Waals surface area (Å²) in [5, 5.41) is 19.0. The highest BCUT2D eigenvalue weighted by Gasteiger charge is 2.30. The number of anilines is 1. The number of nitrogens with zero attached hydrogens (tertiary/aromatic N) is 3. The Morgan fingerprint density at radius 1 is 1.13 bits per heavy atom. The molecule has 0 aliphatic heterocycles. The summed E-state index contributed by atoms with van der Waals surface area (Å²) in [6, 6.07) is 8.98. The van der Waals surface area contributed by atoms with Crippen LogP contribution in [0.25, 0.3) is 16.5 Å². The fraction of sp³-hybridized carbons (Fsp3) is 0.167. The third-order valence-electron chi connectivity index (χ3n) is 5.33. The van der Waals surface area contributed by atoms with Crippen LogP contribution in [0.1, 0.15) is 28.5 Å². The minimum atomic E-state index is -4.59. The lowest BCUT2D eigenvalue weighted by molar-refractivity contribution is -0.384. The molecular weight excluding hydrogens is 529 g/mol. The number of non-ortho nitro benzene ring substituents is 1. The van der Waals surface area contributed by atoms with Crippen molar-refractivity contribution in [3.05, 3.63) is 91.2 Å². The number of esters is 1. The van der Waals surface area contributed by atoms with Gasteiger partial charge in [0, 0.05) is 22.9 Å². The quantitative estimate of drug-likeness (QED) is 0.201. The zero-order chi connectivity index (χ0) is 27.6. The van der Waals surface area contributed by atoms with Crippen molar-refractivity contribution in [1.82, 2.24) is 9.78 Å². The average Bonchev–Trinajstić information content (AvgIpc) is 3.28. The number of nitrogens with one attached hydrogen (secondary N) is 1. The number of amides is 1. The van der Waals surface area contributed by atoms with Gasteiger partial charge in [-0.15, -0.1) is 11.3 Å². The van der Waals surface area contributed by atoms with Crippen molar-refractivity contribution in [2.45, 2.75) is 19.5 Å². The molecule has 0 saturated heterocycles. The summed E-state index contributed by atoms with van der Waals surface area (Å²) in [6.07, 6.45) is -4.76. The van der Waals surface area contributed by atoms with Crippen LogP contribution in [0.4, 0.5) is 23.9 Å². The highest BCUT2D eigenvalue weighted by atomic mass is 32.1. The lowest BCUT2D eigenvalue weighted by Crippen LogP contribution is -2.26. The number of carbonyl (C=O) groups excluding carboxylic acids is 2. The fourth-order valence-corrected chi connectivity index (χ4v) is 4.50. The first kappa shape index (κ1) is 26.5. The monoisotopic (exact) mass is 546 g/mol. The molecule has 2 aromatic heterocycles. The normalized spacial score (nSPS) is 11.4. The van der Waals surface area contributed by atoms with Gasteiger partial charge in [-0.1, -0.05) is 12.1 Å². The summed E-state index contributed by atoms with van der Waals surface area (Å²) in [5.74, 6) is -1.41. The van der Waals surface area contributed by atoms with Crippen LogP contribution < -0.4 is 10.9 Å². The second-order valence-electron chi connectivity index (χ2n) is 7.83. The lowest BCUT2D eigenvalue weighted by Gasteiger charge is -2.11. The Labute approximate surface area is 215 Å². The molecule has 14 heteroatoms. The first-order chi connectivity index (χ1) is 18.0. The molecule has 10 nitrogen and oxygen atoms in total. The van der Waals surface area contributed by atoms with Gasteiger partial charge in [0.1, 0.15) is 5.00 Å². The Balaban J connectivity index is 1.74. The number of ether oxygens (including phenoxy) is 1. The van der Waals surface area contributed by atoms with Gasteiger partial charge in [-0.2, -0.15) is 23.0 Å². The summed E-state index contributed by atoms with van der Waals surface area (Å²) in [5.41, 5.74) is -1.67. The van der Waals surface area contributed by atoms with E-state index in [1.807, 2.05) is 0 Å². The van der Waals surface area contributed by atoms with Crippen LogP contribution in [-0.2, 0) is 22.1 Å². The maximum atomic E-state index is 13.4. The van der Waals surface area contributed by atoms with Gasteiger partial charge in [-0.05, 0) is 36.8 Å². The number of hydrogen-bond acceptors (Lipinski definition) is 8. The Morgan fingerprint density at radius 3 is 2.37 bits per heavy atom. The fourth-order valence-electron chi connectivity index (χ4n) is 3.55. The number of rotatable bonds is 7. The molecule has 0 aliphatic rings. The largest absolute Gasteiger partial charge is 0.461 e. The van der Waals surface area contributed by atoms with Gasteiger partial charge >= 0.3 is 12.1 Å². The first-order valence-electron chi connectivity index (χ1n) is 10.9. The molecule has 4 rings (SSSR count). The minimum absolute atomic E-state index is 0.00435. The van der Waals surface area contributed by atoms with Crippen LogP contribution in [0.2, 0.25) is 0 Å². The Kier molecular flexibility index (Phi) is 7.26. The second kappa shape index (κ2) is 10.4. The summed E-state index contributed by atoms with van der Waals surface area (Å²) in [4.78, 5) is 48.9. The molecule has 196 valence electrons. The zero-order valence-electron chi connectivity index (χ0n) is 19.4. The highest BCUT2D eigenvalue weighted by molar-refractivity contribution is 7.16. The van der Waals surface area contributed by atoms with E-state index in [-0.39, 0.29) is 45.9 Å². The van der Waals surface area contributed by atoms with Crippen molar-refractivity contribution in [2.75, 3.05) is 11.9 Å². The SMILES string of the molecule is CCOC(=O)c1nn(-c2ccc(C(F)(F)F)cc2)c(=O)c2c(NC(=O)Cc3ccc([N+](=O)[O-])cc3)scc12. The molecule has 0 saturated carbocycles. The van der Waals surface area contributed by atoms with Gasteiger partial charge in [0.05, 0.1) is 34.6 Å². The van der Waals surface area contributed by atoms with E-state index >= 15 is 0 Å². The number of fused-ring (bicyclic) bond motifs is 1. The van der Waals surface area contributed by atoms with Crippen LogP contribution in [0.3, 0.4) is 0 Å². The zero-order valence-corrected chi connectivity index (χ0v) is 20.3. The molecule has 0 fully saturated rings. The minimum Gasteiger partial charge on any atom is -0.461 e. The van der Waals surface area contributed by atoms with Gasteiger partial charge in [-0.25, -0.2) is 4.79 Å². The Hall–Kier alpha value is -4.59. The van der Waals surface area contributed by atoms with Crippen LogP contribution in [0, 0.1) is 10.1 Å². The van der Waals surface area contributed by atoms with Crippen molar-refractivity contribution >= 4 is 44.7 Å². The number of thiophene rings is 1.